The number of H-pyrrole nitrogens is 1. The average molecular weight is 273 g/mol. The summed E-state index contributed by atoms with van der Waals surface area (Å²) in [5.74, 6) is 1.30. The first-order valence-electron chi connectivity index (χ1n) is 6.55. The van der Waals surface area contributed by atoms with Gasteiger partial charge in [0.1, 0.15) is 11.6 Å². The van der Waals surface area contributed by atoms with Gasteiger partial charge in [-0.05, 0) is 38.0 Å². The Morgan fingerprint density at radius 1 is 1.45 bits per heavy atom. The van der Waals surface area contributed by atoms with Gasteiger partial charge in [0.15, 0.2) is 6.61 Å². The second-order valence-corrected chi connectivity index (χ2v) is 4.82. The number of aromatic nitrogens is 2. The van der Waals surface area contributed by atoms with Crippen LogP contribution in [-0.2, 0) is 4.79 Å². The van der Waals surface area contributed by atoms with Gasteiger partial charge < -0.3 is 15.0 Å². The molecule has 0 bridgehead atoms. The summed E-state index contributed by atoms with van der Waals surface area (Å²) in [5.41, 5.74) is 2.12. The number of imidazole rings is 1. The maximum Gasteiger partial charge on any atom is 0.258 e. The lowest BCUT2D eigenvalue weighted by Gasteiger charge is -2.13. The minimum absolute atomic E-state index is 0.00462. The van der Waals surface area contributed by atoms with Crippen LogP contribution in [0.25, 0.3) is 0 Å². The summed E-state index contributed by atoms with van der Waals surface area (Å²) < 4.78 is 5.55. The summed E-state index contributed by atoms with van der Waals surface area (Å²) in [5, 5.41) is 2.83. The molecule has 1 atom stereocenters. The van der Waals surface area contributed by atoms with E-state index in [-0.39, 0.29) is 18.6 Å². The third kappa shape index (κ3) is 3.60. The van der Waals surface area contributed by atoms with E-state index in [0.717, 1.165) is 22.7 Å². The zero-order valence-corrected chi connectivity index (χ0v) is 11.9. The molecule has 1 amide bonds. The lowest BCUT2D eigenvalue weighted by molar-refractivity contribution is -0.123. The number of carbonyl (C=O) groups excluding carboxylic acids is 1. The van der Waals surface area contributed by atoms with Crippen LogP contribution >= 0.6 is 0 Å². The minimum atomic E-state index is -0.171. The SMILES string of the molecule is Cc1ccc(C)c(OCC(=O)NC(C)c2ncc[nH]2)c1. The molecule has 1 aromatic carbocycles. The molecular formula is C15H19N3O2. The molecule has 1 aromatic heterocycles. The number of hydrogen-bond acceptors (Lipinski definition) is 3. The number of aryl methyl sites for hydroxylation is 2. The Hall–Kier alpha value is -2.30. The maximum absolute atomic E-state index is 11.8. The quantitative estimate of drug-likeness (QED) is 0.878. The molecule has 0 radical (unpaired) electrons. The second kappa shape index (κ2) is 6.23. The standard InChI is InChI=1S/C15H19N3O2/c1-10-4-5-11(2)13(8-10)20-9-14(19)18-12(3)15-16-6-7-17-15/h4-8,12H,9H2,1-3H3,(H,16,17)(H,18,19). The zero-order chi connectivity index (χ0) is 14.5. The molecule has 5 heteroatoms. The maximum atomic E-state index is 11.8. The topological polar surface area (TPSA) is 67.0 Å². The second-order valence-electron chi connectivity index (χ2n) is 4.82. The summed E-state index contributed by atoms with van der Waals surface area (Å²) in [7, 11) is 0. The normalized spacial score (nSPS) is 11.9. The average Bonchev–Trinajstić information content (AvgIpc) is 2.94. The number of hydrogen-bond donors (Lipinski definition) is 2. The molecule has 2 rings (SSSR count). The van der Waals surface area contributed by atoms with Crippen molar-refractivity contribution >= 4 is 5.91 Å². The first kappa shape index (κ1) is 14.1. The van der Waals surface area contributed by atoms with E-state index in [4.69, 9.17) is 4.74 Å². The first-order chi connectivity index (χ1) is 9.56. The van der Waals surface area contributed by atoms with E-state index >= 15 is 0 Å². The van der Waals surface area contributed by atoms with Crippen LogP contribution in [0.2, 0.25) is 0 Å². The molecule has 1 unspecified atom stereocenters. The molecule has 0 saturated carbocycles. The van der Waals surface area contributed by atoms with E-state index < -0.39 is 0 Å². The van der Waals surface area contributed by atoms with Crippen molar-refractivity contribution in [1.29, 1.82) is 0 Å². The van der Waals surface area contributed by atoms with Crippen LogP contribution in [0.15, 0.2) is 30.6 Å². The molecular weight excluding hydrogens is 254 g/mol. The van der Waals surface area contributed by atoms with Crippen molar-refractivity contribution in [2.75, 3.05) is 6.61 Å². The van der Waals surface area contributed by atoms with Crippen molar-refractivity contribution < 1.29 is 9.53 Å². The van der Waals surface area contributed by atoms with Crippen LogP contribution in [0, 0.1) is 13.8 Å². The van der Waals surface area contributed by atoms with Crippen LogP contribution in [0.1, 0.15) is 29.9 Å². The Morgan fingerprint density at radius 2 is 2.25 bits per heavy atom. The summed E-state index contributed by atoms with van der Waals surface area (Å²) >= 11 is 0. The van der Waals surface area contributed by atoms with Crippen molar-refractivity contribution in [2.24, 2.45) is 0 Å². The van der Waals surface area contributed by atoms with E-state index in [9.17, 15) is 4.79 Å². The molecule has 2 N–H and O–H groups in total. The Morgan fingerprint density at radius 3 is 2.95 bits per heavy atom. The van der Waals surface area contributed by atoms with Crippen molar-refractivity contribution in [3.05, 3.63) is 47.5 Å². The molecule has 0 fully saturated rings. The Kier molecular flexibility index (Phi) is 4.40. The minimum Gasteiger partial charge on any atom is -0.483 e. The Balaban J connectivity index is 1.87. The highest BCUT2D eigenvalue weighted by Crippen LogP contribution is 2.18. The van der Waals surface area contributed by atoms with Gasteiger partial charge >= 0.3 is 0 Å². The van der Waals surface area contributed by atoms with Gasteiger partial charge in [-0.15, -0.1) is 0 Å². The number of nitrogens with zero attached hydrogens (tertiary/aromatic N) is 1. The summed E-state index contributed by atoms with van der Waals surface area (Å²) in [6.07, 6.45) is 3.38. The summed E-state index contributed by atoms with van der Waals surface area (Å²) in [4.78, 5) is 18.9. The van der Waals surface area contributed by atoms with Crippen LogP contribution in [0.5, 0.6) is 5.75 Å². The Labute approximate surface area is 118 Å². The van der Waals surface area contributed by atoms with Crippen molar-refractivity contribution in [3.63, 3.8) is 0 Å². The summed E-state index contributed by atoms with van der Waals surface area (Å²) in [6.45, 7) is 5.81. The molecule has 0 aliphatic rings. The molecule has 2 aromatic rings. The van der Waals surface area contributed by atoms with E-state index in [1.54, 1.807) is 12.4 Å². The van der Waals surface area contributed by atoms with Gasteiger partial charge in [-0.2, -0.15) is 0 Å². The largest absolute Gasteiger partial charge is 0.483 e. The van der Waals surface area contributed by atoms with Crippen LogP contribution < -0.4 is 10.1 Å². The fourth-order valence-corrected chi connectivity index (χ4v) is 1.87. The molecule has 1 heterocycles. The van der Waals surface area contributed by atoms with Crippen LogP contribution in [0.4, 0.5) is 0 Å². The van der Waals surface area contributed by atoms with Gasteiger partial charge in [0.2, 0.25) is 0 Å². The van der Waals surface area contributed by atoms with E-state index in [2.05, 4.69) is 15.3 Å². The number of aromatic amines is 1. The number of amides is 1. The van der Waals surface area contributed by atoms with Gasteiger partial charge in [-0.3, -0.25) is 4.79 Å². The monoisotopic (exact) mass is 273 g/mol. The van der Waals surface area contributed by atoms with Crippen LogP contribution in [-0.4, -0.2) is 22.5 Å². The van der Waals surface area contributed by atoms with Gasteiger partial charge in [0.05, 0.1) is 6.04 Å². The summed E-state index contributed by atoms with van der Waals surface area (Å²) in [6, 6.07) is 5.76. The number of carbonyl (C=O) groups is 1. The molecule has 0 saturated heterocycles. The van der Waals surface area contributed by atoms with Gasteiger partial charge in [0, 0.05) is 12.4 Å². The van der Waals surface area contributed by atoms with E-state index in [1.165, 1.54) is 0 Å². The van der Waals surface area contributed by atoms with E-state index in [1.807, 2.05) is 39.0 Å². The molecule has 20 heavy (non-hydrogen) atoms. The number of nitrogens with one attached hydrogen (secondary N) is 2. The highest BCUT2D eigenvalue weighted by Gasteiger charge is 2.12. The van der Waals surface area contributed by atoms with Gasteiger partial charge in [-0.1, -0.05) is 12.1 Å². The molecule has 5 nitrogen and oxygen atoms in total. The first-order valence-corrected chi connectivity index (χ1v) is 6.55. The highest BCUT2D eigenvalue weighted by atomic mass is 16.5. The molecule has 0 aliphatic carbocycles. The fraction of sp³-hybridized carbons (Fsp3) is 0.333. The van der Waals surface area contributed by atoms with Gasteiger partial charge in [0.25, 0.3) is 5.91 Å². The third-order valence-electron chi connectivity index (χ3n) is 3.01. The number of rotatable bonds is 5. The van der Waals surface area contributed by atoms with Crippen LogP contribution in [0.3, 0.4) is 0 Å². The number of ether oxygens (including phenoxy) is 1. The van der Waals surface area contributed by atoms with E-state index in [0.29, 0.717) is 0 Å². The molecule has 0 spiro atoms. The lowest BCUT2D eigenvalue weighted by Crippen LogP contribution is -2.31. The predicted octanol–water partition coefficient (Wildman–Crippen LogP) is 2.28. The molecule has 0 aliphatic heterocycles. The fourth-order valence-electron chi connectivity index (χ4n) is 1.87. The predicted molar refractivity (Wildman–Crippen MR) is 76.6 cm³/mol. The zero-order valence-electron chi connectivity index (χ0n) is 11.9. The van der Waals surface area contributed by atoms with Crippen molar-refractivity contribution in [1.82, 2.24) is 15.3 Å². The molecule has 106 valence electrons. The van der Waals surface area contributed by atoms with Crippen molar-refractivity contribution in [2.45, 2.75) is 26.8 Å². The third-order valence-corrected chi connectivity index (χ3v) is 3.01. The van der Waals surface area contributed by atoms with Crippen molar-refractivity contribution in [3.8, 4) is 5.75 Å². The number of benzene rings is 1. The highest BCUT2D eigenvalue weighted by molar-refractivity contribution is 5.77. The van der Waals surface area contributed by atoms with Gasteiger partial charge in [-0.25, -0.2) is 4.98 Å². The lowest BCUT2D eigenvalue weighted by atomic mass is 10.1. The smallest absolute Gasteiger partial charge is 0.258 e. The Bertz CT molecular complexity index is 579.